The van der Waals surface area contributed by atoms with Gasteiger partial charge in [-0.25, -0.2) is 9.78 Å². The van der Waals surface area contributed by atoms with Crippen LogP contribution in [-0.2, 0) is 11.3 Å². The predicted octanol–water partition coefficient (Wildman–Crippen LogP) is 2.91. The Labute approximate surface area is 137 Å². The summed E-state index contributed by atoms with van der Waals surface area (Å²) in [7, 11) is 0. The molecule has 1 aromatic rings. The molecule has 23 heavy (non-hydrogen) atoms. The highest BCUT2D eigenvalue weighted by Crippen LogP contribution is 2.53. The third-order valence-electron chi connectivity index (χ3n) is 5.50. The Morgan fingerprint density at radius 2 is 2.22 bits per heavy atom. The number of carbonyl (C=O) groups excluding carboxylic acids is 1. The first-order chi connectivity index (χ1) is 11.2. The van der Waals surface area contributed by atoms with E-state index in [1.54, 1.807) is 0 Å². The van der Waals surface area contributed by atoms with Crippen LogP contribution < -0.4 is 10.6 Å². The molecule has 1 spiro atoms. The van der Waals surface area contributed by atoms with Crippen molar-refractivity contribution in [1.29, 1.82) is 0 Å². The summed E-state index contributed by atoms with van der Waals surface area (Å²) < 4.78 is 11.1. The fraction of sp³-hybridized carbons (Fsp3) is 0.765. The van der Waals surface area contributed by atoms with E-state index in [0.717, 1.165) is 37.3 Å². The molecule has 2 aliphatic rings. The number of oxazole rings is 1. The highest BCUT2D eigenvalue weighted by Gasteiger charge is 2.56. The van der Waals surface area contributed by atoms with E-state index >= 15 is 0 Å². The maximum absolute atomic E-state index is 12.2. The van der Waals surface area contributed by atoms with Gasteiger partial charge in [-0.15, -0.1) is 0 Å². The SMILES string of the molecule is CCO[C@H]1C[C@H](NC(=O)NCc2ncoc2C)C12CCCCC2. The molecule has 0 aromatic carbocycles. The molecule has 128 valence electrons. The molecule has 2 fully saturated rings. The summed E-state index contributed by atoms with van der Waals surface area (Å²) in [5, 5.41) is 6.04. The number of rotatable bonds is 5. The summed E-state index contributed by atoms with van der Waals surface area (Å²) in [4.78, 5) is 16.3. The summed E-state index contributed by atoms with van der Waals surface area (Å²) >= 11 is 0. The molecule has 1 aromatic heterocycles. The first-order valence-electron chi connectivity index (χ1n) is 8.70. The molecule has 2 N–H and O–H groups in total. The molecule has 3 rings (SSSR count). The average Bonchev–Trinajstić information content (AvgIpc) is 2.98. The minimum atomic E-state index is -0.128. The van der Waals surface area contributed by atoms with Gasteiger partial charge in [-0.1, -0.05) is 19.3 Å². The van der Waals surface area contributed by atoms with E-state index < -0.39 is 0 Å². The van der Waals surface area contributed by atoms with Crippen molar-refractivity contribution in [1.82, 2.24) is 15.6 Å². The van der Waals surface area contributed by atoms with Gasteiger partial charge in [0.1, 0.15) is 11.5 Å². The molecule has 6 nitrogen and oxygen atoms in total. The number of urea groups is 1. The largest absolute Gasteiger partial charge is 0.448 e. The fourth-order valence-corrected chi connectivity index (χ4v) is 4.14. The Hall–Kier alpha value is -1.56. The van der Waals surface area contributed by atoms with Crippen LogP contribution >= 0.6 is 0 Å². The number of hydrogen-bond donors (Lipinski definition) is 2. The van der Waals surface area contributed by atoms with Crippen molar-refractivity contribution < 1.29 is 13.9 Å². The van der Waals surface area contributed by atoms with Gasteiger partial charge in [0, 0.05) is 18.1 Å². The molecule has 2 aliphatic carbocycles. The standard InChI is InChI=1S/C17H27N3O3/c1-3-22-15-9-14(17(15)7-5-4-6-8-17)20-16(21)18-10-13-12(2)23-11-19-13/h11,14-15H,3-10H2,1-2H3,(H2,18,20,21)/t14-,15-/m0/s1. The van der Waals surface area contributed by atoms with Crippen molar-refractivity contribution in [2.45, 2.75) is 71.1 Å². The quantitative estimate of drug-likeness (QED) is 0.874. The number of aromatic nitrogens is 1. The topological polar surface area (TPSA) is 76.4 Å². The molecular formula is C17H27N3O3. The maximum atomic E-state index is 12.2. The Morgan fingerprint density at radius 1 is 1.43 bits per heavy atom. The van der Waals surface area contributed by atoms with Gasteiger partial charge in [0.25, 0.3) is 0 Å². The number of nitrogens with zero attached hydrogens (tertiary/aromatic N) is 1. The smallest absolute Gasteiger partial charge is 0.315 e. The molecule has 2 atom stereocenters. The summed E-state index contributed by atoms with van der Waals surface area (Å²) in [5.74, 6) is 0.745. The van der Waals surface area contributed by atoms with Gasteiger partial charge in [0.15, 0.2) is 6.39 Å². The van der Waals surface area contributed by atoms with Gasteiger partial charge >= 0.3 is 6.03 Å². The summed E-state index contributed by atoms with van der Waals surface area (Å²) in [6, 6.07) is 0.0926. The van der Waals surface area contributed by atoms with Crippen LogP contribution in [0.3, 0.4) is 0 Å². The Kier molecular flexibility index (Phi) is 4.90. The lowest BCUT2D eigenvalue weighted by Gasteiger charge is -2.57. The number of nitrogens with one attached hydrogen (secondary N) is 2. The van der Waals surface area contributed by atoms with E-state index in [9.17, 15) is 4.79 Å². The number of hydrogen-bond acceptors (Lipinski definition) is 4. The van der Waals surface area contributed by atoms with Crippen LogP contribution in [0.1, 0.15) is 56.9 Å². The minimum absolute atomic E-state index is 0.128. The van der Waals surface area contributed by atoms with E-state index in [1.807, 2.05) is 13.8 Å². The predicted molar refractivity (Wildman–Crippen MR) is 85.9 cm³/mol. The normalized spacial score (nSPS) is 25.8. The summed E-state index contributed by atoms with van der Waals surface area (Å²) in [6.45, 7) is 5.03. The summed E-state index contributed by atoms with van der Waals surface area (Å²) in [5.41, 5.74) is 0.920. The van der Waals surface area contributed by atoms with Crippen LogP contribution in [0.2, 0.25) is 0 Å². The molecular weight excluding hydrogens is 294 g/mol. The molecule has 0 aliphatic heterocycles. The Bertz CT molecular complexity index is 537. The Morgan fingerprint density at radius 3 is 2.87 bits per heavy atom. The van der Waals surface area contributed by atoms with E-state index in [1.165, 1.54) is 25.7 Å². The third-order valence-corrected chi connectivity index (χ3v) is 5.50. The highest BCUT2D eigenvalue weighted by molar-refractivity contribution is 5.74. The van der Waals surface area contributed by atoms with E-state index in [-0.39, 0.29) is 17.5 Å². The average molecular weight is 321 g/mol. The lowest BCUT2D eigenvalue weighted by molar-refractivity contribution is -0.146. The van der Waals surface area contributed by atoms with Crippen LogP contribution in [0.5, 0.6) is 0 Å². The number of aryl methyl sites for hydroxylation is 1. The second-order valence-electron chi connectivity index (χ2n) is 6.71. The Balaban J connectivity index is 1.54. The molecule has 0 bridgehead atoms. The lowest BCUT2D eigenvalue weighted by Crippen LogP contribution is -2.66. The number of carbonyl (C=O) groups is 1. The monoisotopic (exact) mass is 321 g/mol. The van der Waals surface area contributed by atoms with Crippen LogP contribution in [-0.4, -0.2) is 29.8 Å². The van der Waals surface area contributed by atoms with Crippen molar-refractivity contribution >= 4 is 6.03 Å². The van der Waals surface area contributed by atoms with Crippen molar-refractivity contribution in [3.63, 3.8) is 0 Å². The van der Waals surface area contributed by atoms with Gasteiger partial charge < -0.3 is 19.8 Å². The van der Waals surface area contributed by atoms with Crippen LogP contribution in [0.15, 0.2) is 10.8 Å². The van der Waals surface area contributed by atoms with Gasteiger partial charge in [-0.3, -0.25) is 0 Å². The van der Waals surface area contributed by atoms with Crippen molar-refractivity contribution in [2.24, 2.45) is 5.41 Å². The molecule has 0 saturated heterocycles. The van der Waals surface area contributed by atoms with Crippen molar-refractivity contribution in [2.75, 3.05) is 6.61 Å². The molecule has 2 amide bonds. The zero-order valence-electron chi connectivity index (χ0n) is 14.1. The van der Waals surface area contributed by atoms with E-state index in [2.05, 4.69) is 15.6 Å². The number of ether oxygens (including phenoxy) is 1. The maximum Gasteiger partial charge on any atom is 0.315 e. The van der Waals surface area contributed by atoms with E-state index in [0.29, 0.717) is 12.6 Å². The molecule has 6 heteroatoms. The van der Waals surface area contributed by atoms with Gasteiger partial charge in [0.05, 0.1) is 12.6 Å². The van der Waals surface area contributed by atoms with E-state index in [4.69, 9.17) is 9.15 Å². The van der Waals surface area contributed by atoms with Crippen molar-refractivity contribution in [3.8, 4) is 0 Å². The minimum Gasteiger partial charge on any atom is -0.448 e. The molecule has 2 saturated carbocycles. The third kappa shape index (κ3) is 3.22. The van der Waals surface area contributed by atoms with Crippen molar-refractivity contribution in [3.05, 3.63) is 17.8 Å². The number of amides is 2. The first-order valence-corrected chi connectivity index (χ1v) is 8.70. The second kappa shape index (κ2) is 6.91. The van der Waals surface area contributed by atoms with Gasteiger partial charge in [-0.2, -0.15) is 0 Å². The molecule has 1 heterocycles. The highest BCUT2D eigenvalue weighted by atomic mass is 16.5. The summed E-state index contributed by atoms with van der Waals surface area (Å²) in [6.07, 6.45) is 8.71. The molecule has 0 unspecified atom stereocenters. The zero-order chi connectivity index (χ0) is 16.3. The molecule has 0 radical (unpaired) electrons. The zero-order valence-corrected chi connectivity index (χ0v) is 14.1. The first kappa shape index (κ1) is 16.3. The van der Waals surface area contributed by atoms with Gasteiger partial charge in [0.2, 0.25) is 0 Å². The fourth-order valence-electron chi connectivity index (χ4n) is 4.14. The lowest BCUT2D eigenvalue weighted by atomic mass is 9.55. The van der Waals surface area contributed by atoms with Crippen LogP contribution in [0.4, 0.5) is 4.79 Å². The second-order valence-corrected chi connectivity index (χ2v) is 6.71. The van der Waals surface area contributed by atoms with Crippen LogP contribution in [0, 0.1) is 12.3 Å². The van der Waals surface area contributed by atoms with Crippen LogP contribution in [0.25, 0.3) is 0 Å². The van der Waals surface area contributed by atoms with Gasteiger partial charge in [-0.05, 0) is 33.1 Å².